The van der Waals surface area contributed by atoms with Gasteiger partial charge in [-0.15, -0.1) is 0 Å². The summed E-state index contributed by atoms with van der Waals surface area (Å²) in [6.07, 6.45) is -1.79. The summed E-state index contributed by atoms with van der Waals surface area (Å²) < 4.78 is 27.7. The van der Waals surface area contributed by atoms with Crippen LogP contribution < -0.4 is 0 Å². The van der Waals surface area contributed by atoms with E-state index in [1.54, 1.807) is 13.8 Å². The number of nitro groups is 1. The molecule has 8 heteroatoms. The van der Waals surface area contributed by atoms with Crippen LogP contribution in [0.1, 0.15) is 25.5 Å². The van der Waals surface area contributed by atoms with Crippen LogP contribution >= 0.6 is 0 Å². The molecule has 0 bridgehead atoms. The van der Waals surface area contributed by atoms with E-state index < -0.39 is 33.0 Å². The average molecular weight is 289 g/mol. The van der Waals surface area contributed by atoms with E-state index in [1.165, 1.54) is 24.3 Å². The van der Waals surface area contributed by atoms with Crippen LogP contribution in [0.3, 0.4) is 0 Å². The Morgan fingerprint density at radius 3 is 2.26 bits per heavy atom. The third kappa shape index (κ3) is 4.93. The minimum atomic E-state index is -3.84. The molecule has 19 heavy (non-hydrogen) atoms. The highest BCUT2D eigenvalue weighted by Gasteiger charge is 2.21. The second-order valence-electron chi connectivity index (χ2n) is 4.23. The molecule has 0 saturated carbocycles. The summed E-state index contributed by atoms with van der Waals surface area (Å²) in [4.78, 5) is 9.88. The van der Waals surface area contributed by atoms with Gasteiger partial charge in [-0.3, -0.25) is 14.3 Å². The standard InChI is InChI=1S/C11H15NO6S/c1-8(2)18-19(16,17)7-11(13)9-3-5-10(6-4-9)12(14)15/h3-6,8,11,13H,7H2,1-2H3. The maximum atomic E-state index is 11.5. The predicted molar refractivity (Wildman–Crippen MR) is 68.1 cm³/mol. The van der Waals surface area contributed by atoms with E-state index in [-0.39, 0.29) is 11.3 Å². The third-order valence-corrected chi connectivity index (χ3v) is 3.59. The zero-order valence-corrected chi connectivity index (χ0v) is 11.3. The van der Waals surface area contributed by atoms with E-state index in [9.17, 15) is 23.6 Å². The highest BCUT2D eigenvalue weighted by Crippen LogP contribution is 2.19. The second-order valence-corrected chi connectivity index (χ2v) is 5.87. The van der Waals surface area contributed by atoms with Gasteiger partial charge in [-0.1, -0.05) is 0 Å². The first-order valence-corrected chi connectivity index (χ1v) is 7.12. The van der Waals surface area contributed by atoms with Crippen molar-refractivity contribution in [2.45, 2.75) is 26.1 Å². The van der Waals surface area contributed by atoms with Crippen molar-refractivity contribution < 1.29 is 22.6 Å². The number of nitrogens with zero attached hydrogens (tertiary/aromatic N) is 1. The summed E-state index contributed by atoms with van der Waals surface area (Å²) in [6.45, 7) is 3.13. The highest BCUT2D eigenvalue weighted by atomic mass is 32.2. The van der Waals surface area contributed by atoms with Gasteiger partial charge in [0.2, 0.25) is 0 Å². The molecule has 0 heterocycles. The zero-order valence-electron chi connectivity index (χ0n) is 10.5. The first kappa shape index (κ1) is 15.5. The molecule has 1 N–H and O–H groups in total. The molecule has 7 nitrogen and oxygen atoms in total. The van der Waals surface area contributed by atoms with Crippen molar-refractivity contribution in [3.05, 3.63) is 39.9 Å². The van der Waals surface area contributed by atoms with Crippen LogP contribution in [0.2, 0.25) is 0 Å². The fraction of sp³-hybridized carbons (Fsp3) is 0.455. The summed E-state index contributed by atoms with van der Waals surface area (Å²) in [5.41, 5.74) is 0.152. The Labute approximate surface area is 111 Å². The normalized spacial score (nSPS) is 13.5. The van der Waals surface area contributed by atoms with E-state index in [1.807, 2.05) is 0 Å². The Morgan fingerprint density at radius 2 is 1.84 bits per heavy atom. The Balaban J connectivity index is 2.78. The molecule has 0 spiro atoms. The molecule has 1 aromatic rings. The van der Waals surface area contributed by atoms with Gasteiger partial charge in [0.25, 0.3) is 15.8 Å². The number of rotatable bonds is 6. The van der Waals surface area contributed by atoms with Gasteiger partial charge >= 0.3 is 0 Å². The lowest BCUT2D eigenvalue weighted by molar-refractivity contribution is -0.384. The van der Waals surface area contributed by atoms with E-state index in [0.717, 1.165) is 0 Å². The topological polar surface area (TPSA) is 107 Å². The van der Waals surface area contributed by atoms with Crippen LogP contribution in [-0.2, 0) is 14.3 Å². The molecule has 0 saturated heterocycles. The first-order valence-electron chi connectivity index (χ1n) is 5.54. The summed E-state index contributed by atoms with van der Waals surface area (Å²) in [5.74, 6) is -0.594. The van der Waals surface area contributed by atoms with Crippen LogP contribution in [0.5, 0.6) is 0 Å². The van der Waals surface area contributed by atoms with Gasteiger partial charge in [0.1, 0.15) is 5.75 Å². The molecule has 0 aliphatic heterocycles. The number of nitro benzene ring substituents is 1. The van der Waals surface area contributed by atoms with Crippen molar-refractivity contribution >= 4 is 15.8 Å². The molecule has 1 aromatic carbocycles. The van der Waals surface area contributed by atoms with Gasteiger partial charge in [-0.2, -0.15) is 8.42 Å². The van der Waals surface area contributed by atoms with Crippen LogP contribution in [0.15, 0.2) is 24.3 Å². The largest absolute Gasteiger partial charge is 0.387 e. The molecule has 0 aromatic heterocycles. The maximum absolute atomic E-state index is 11.5. The summed E-state index contributed by atoms with van der Waals surface area (Å²) in [6, 6.07) is 5.03. The van der Waals surface area contributed by atoms with E-state index in [4.69, 9.17) is 4.18 Å². The lowest BCUT2D eigenvalue weighted by atomic mass is 10.1. The number of hydrogen-bond acceptors (Lipinski definition) is 6. The van der Waals surface area contributed by atoms with Crippen molar-refractivity contribution in [2.24, 2.45) is 0 Å². The van der Waals surface area contributed by atoms with E-state index in [2.05, 4.69) is 0 Å². The fourth-order valence-electron chi connectivity index (χ4n) is 1.44. The predicted octanol–water partition coefficient (Wildman–Crippen LogP) is 1.38. The molecule has 1 unspecified atom stereocenters. The monoisotopic (exact) mass is 289 g/mol. The molecule has 0 amide bonds. The fourth-order valence-corrected chi connectivity index (χ4v) is 2.68. The van der Waals surface area contributed by atoms with Gasteiger partial charge in [0, 0.05) is 12.1 Å². The Morgan fingerprint density at radius 1 is 1.32 bits per heavy atom. The van der Waals surface area contributed by atoms with E-state index in [0.29, 0.717) is 0 Å². The Bertz CT molecular complexity index is 537. The molecule has 0 fully saturated rings. The van der Waals surface area contributed by atoms with Crippen molar-refractivity contribution in [1.82, 2.24) is 0 Å². The number of aliphatic hydroxyl groups excluding tert-OH is 1. The second kappa shape index (κ2) is 6.09. The molecule has 1 rings (SSSR count). The zero-order chi connectivity index (χ0) is 14.6. The smallest absolute Gasteiger partial charge is 0.270 e. The van der Waals surface area contributed by atoms with Crippen molar-refractivity contribution in [1.29, 1.82) is 0 Å². The lowest BCUT2D eigenvalue weighted by Gasteiger charge is -2.13. The van der Waals surface area contributed by atoms with Gasteiger partial charge in [0.15, 0.2) is 0 Å². The molecule has 0 aliphatic carbocycles. The number of non-ortho nitro benzene ring substituents is 1. The van der Waals surface area contributed by atoms with Crippen LogP contribution in [0.25, 0.3) is 0 Å². The average Bonchev–Trinajstić information content (AvgIpc) is 2.26. The minimum absolute atomic E-state index is 0.128. The van der Waals surface area contributed by atoms with Crippen molar-refractivity contribution in [3.63, 3.8) is 0 Å². The summed E-state index contributed by atoms with van der Waals surface area (Å²) >= 11 is 0. The van der Waals surface area contributed by atoms with Crippen molar-refractivity contribution in [2.75, 3.05) is 5.75 Å². The molecular formula is C11H15NO6S. The van der Waals surface area contributed by atoms with Gasteiger partial charge < -0.3 is 5.11 Å². The molecular weight excluding hydrogens is 274 g/mol. The van der Waals surface area contributed by atoms with Gasteiger partial charge in [-0.25, -0.2) is 0 Å². The maximum Gasteiger partial charge on any atom is 0.270 e. The van der Waals surface area contributed by atoms with Crippen LogP contribution in [0, 0.1) is 10.1 Å². The number of benzene rings is 1. The summed E-state index contributed by atoms with van der Waals surface area (Å²) in [7, 11) is -3.84. The summed E-state index contributed by atoms with van der Waals surface area (Å²) in [5, 5.41) is 20.2. The van der Waals surface area contributed by atoms with Crippen molar-refractivity contribution in [3.8, 4) is 0 Å². The first-order chi connectivity index (χ1) is 8.71. The minimum Gasteiger partial charge on any atom is -0.387 e. The SMILES string of the molecule is CC(C)OS(=O)(=O)CC(O)c1ccc([N+](=O)[O-])cc1. The van der Waals surface area contributed by atoms with E-state index >= 15 is 0 Å². The molecule has 0 radical (unpaired) electrons. The Hall–Kier alpha value is -1.51. The van der Waals surface area contributed by atoms with Crippen LogP contribution in [0.4, 0.5) is 5.69 Å². The lowest BCUT2D eigenvalue weighted by Crippen LogP contribution is -2.20. The van der Waals surface area contributed by atoms with Crippen LogP contribution in [-0.4, -0.2) is 30.3 Å². The van der Waals surface area contributed by atoms with Gasteiger partial charge in [0.05, 0.1) is 17.1 Å². The van der Waals surface area contributed by atoms with Gasteiger partial charge in [-0.05, 0) is 31.5 Å². The molecule has 0 aliphatic rings. The molecule has 1 atom stereocenters. The third-order valence-electron chi connectivity index (χ3n) is 2.19. The highest BCUT2D eigenvalue weighted by molar-refractivity contribution is 7.86. The number of hydrogen-bond donors (Lipinski definition) is 1. The number of aliphatic hydroxyl groups is 1. The quantitative estimate of drug-likeness (QED) is 0.481. The molecule has 106 valence electrons. The Kier molecular flexibility index (Phi) is 4.98.